The van der Waals surface area contributed by atoms with E-state index in [1.54, 1.807) is 17.8 Å². The van der Waals surface area contributed by atoms with Gasteiger partial charge in [-0.1, -0.05) is 6.92 Å². The first kappa shape index (κ1) is 19.5. The number of aromatic hydroxyl groups is 1. The average Bonchev–Trinajstić information content (AvgIpc) is 2.57. The van der Waals surface area contributed by atoms with E-state index in [1.807, 2.05) is 19.1 Å². The summed E-state index contributed by atoms with van der Waals surface area (Å²) < 4.78 is 43.3. The van der Waals surface area contributed by atoms with Crippen molar-refractivity contribution in [1.29, 1.82) is 0 Å². The summed E-state index contributed by atoms with van der Waals surface area (Å²) in [6.07, 6.45) is -3.42. The van der Waals surface area contributed by atoms with E-state index in [0.29, 0.717) is 12.4 Å². The van der Waals surface area contributed by atoms with Gasteiger partial charge in [-0.2, -0.15) is 13.2 Å². The summed E-state index contributed by atoms with van der Waals surface area (Å²) in [5.41, 5.74) is 0.157. The Morgan fingerprint density at radius 3 is 2.36 bits per heavy atom. The van der Waals surface area contributed by atoms with Gasteiger partial charge in [0, 0.05) is 16.6 Å². The largest absolute Gasteiger partial charge is 0.508 e. The molecule has 1 atom stereocenters. The number of phenols is 1. The van der Waals surface area contributed by atoms with Crippen molar-refractivity contribution in [1.82, 2.24) is 0 Å². The number of aryl methyl sites for hydroxylation is 1. The molecule has 2 nitrogen and oxygen atoms in total. The minimum atomic E-state index is -4.33. The number of thioether (sulfide) groups is 1. The molecule has 2 aromatic rings. The van der Waals surface area contributed by atoms with Crippen LogP contribution in [0.1, 0.15) is 24.5 Å². The molecule has 0 aliphatic carbocycles. The highest BCUT2D eigenvalue weighted by atomic mass is 32.2. The van der Waals surface area contributed by atoms with Crippen LogP contribution in [-0.2, 0) is 6.18 Å². The first-order valence-corrected chi connectivity index (χ1v) is 9.00. The van der Waals surface area contributed by atoms with Gasteiger partial charge < -0.3 is 9.84 Å². The van der Waals surface area contributed by atoms with E-state index in [-0.39, 0.29) is 11.7 Å². The monoisotopic (exact) mass is 370 g/mol. The van der Waals surface area contributed by atoms with E-state index in [4.69, 9.17) is 4.74 Å². The Labute approximate surface area is 150 Å². The number of hydrogen-bond acceptors (Lipinski definition) is 3. The number of halogens is 3. The fraction of sp³-hybridized carbons (Fsp3) is 0.368. The van der Waals surface area contributed by atoms with Gasteiger partial charge in [0.25, 0.3) is 0 Å². The van der Waals surface area contributed by atoms with Gasteiger partial charge in [0.05, 0.1) is 12.2 Å². The molecule has 25 heavy (non-hydrogen) atoms. The van der Waals surface area contributed by atoms with Crippen molar-refractivity contribution in [2.45, 2.75) is 31.3 Å². The second-order valence-corrected chi connectivity index (χ2v) is 6.96. The molecular formula is C19H21F3O2S. The van der Waals surface area contributed by atoms with Crippen LogP contribution in [0, 0.1) is 12.8 Å². The van der Waals surface area contributed by atoms with Gasteiger partial charge in [-0.3, -0.25) is 0 Å². The van der Waals surface area contributed by atoms with Crippen LogP contribution in [0.25, 0.3) is 0 Å². The maximum atomic E-state index is 12.5. The van der Waals surface area contributed by atoms with E-state index < -0.39 is 11.7 Å². The van der Waals surface area contributed by atoms with Crippen LogP contribution in [0.3, 0.4) is 0 Å². The Kier molecular flexibility index (Phi) is 6.64. The molecule has 0 amide bonds. The Bertz CT molecular complexity index is 684. The van der Waals surface area contributed by atoms with Gasteiger partial charge in [0.1, 0.15) is 11.5 Å². The molecule has 0 spiro atoms. The molecular weight excluding hydrogens is 349 g/mol. The molecule has 0 unspecified atom stereocenters. The van der Waals surface area contributed by atoms with E-state index in [1.165, 1.54) is 12.1 Å². The minimum absolute atomic E-state index is 0.279. The number of rotatable bonds is 7. The van der Waals surface area contributed by atoms with Gasteiger partial charge >= 0.3 is 6.18 Å². The van der Waals surface area contributed by atoms with Crippen molar-refractivity contribution in [3.63, 3.8) is 0 Å². The summed E-state index contributed by atoms with van der Waals surface area (Å²) in [6.45, 7) is 4.36. The molecule has 0 aromatic heterocycles. The van der Waals surface area contributed by atoms with E-state index >= 15 is 0 Å². The number of alkyl halides is 3. The van der Waals surface area contributed by atoms with E-state index in [2.05, 4.69) is 6.92 Å². The van der Waals surface area contributed by atoms with Gasteiger partial charge in [0.15, 0.2) is 0 Å². The van der Waals surface area contributed by atoms with Crippen molar-refractivity contribution in [2.75, 3.05) is 12.4 Å². The van der Waals surface area contributed by atoms with Crippen molar-refractivity contribution in [2.24, 2.45) is 5.92 Å². The second-order valence-electron chi connectivity index (χ2n) is 5.87. The lowest BCUT2D eigenvalue weighted by atomic mass is 10.1. The molecule has 2 aromatic carbocycles. The lowest BCUT2D eigenvalue weighted by molar-refractivity contribution is -0.137. The summed E-state index contributed by atoms with van der Waals surface area (Å²) in [7, 11) is 0. The number of hydrogen-bond donors (Lipinski definition) is 1. The molecule has 0 aliphatic heterocycles. The summed E-state index contributed by atoms with van der Waals surface area (Å²) in [5, 5.41) is 9.55. The van der Waals surface area contributed by atoms with Crippen LogP contribution in [0.4, 0.5) is 13.2 Å². The Morgan fingerprint density at radius 2 is 1.80 bits per heavy atom. The molecule has 2 rings (SSSR count). The molecule has 0 saturated carbocycles. The first-order valence-electron chi connectivity index (χ1n) is 8.02. The maximum Gasteiger partial charge on any atom is 0.416 e. The number of benzene rings is 2. The van der Waals surface area contributed by atoms with Crippen LogP contribution in [0.15, 0.2) is 47.4 Å². The van der Waals surface area contributed by atoms with Crippen LogP contribution in [0.2, 0.25) is 0 Å². The van der Waals surface area contributed by atoms with Gasteiger partial charge in [0.2, 0.25) is 0 Å². The normalized spacial score (nSPS) is 12.8. The fourth-order valence-corrected chi connectivity index (χ4v) is 3.35. The van der Waals surface area contributed by atoms with Crippen molar-refractivity contribution in [3.8, 4) is 11.5 Å². The Hall–Kier alpha value is -1.82. The third kappa shape index (κ3) is 5.88. The molecule has 0 bridgehead atoms. The zero-order chi connectivity index (χ0) is 18.4. The number of ether oxygens (including phenoxy) is 1. The van der Waals surface area contributed by atoms with Crippen LogP contribution >= 0.6 is 11.8 Å². The first-order chi connectivity index (χ1) is 11.8. The highest BCUT2D eigenvalue weighted by Gasteiger charge is 2.30. The van der Waals surface area contributed by atoms with Crippen LogP contribution in [0.5, 0.6) is 11.5 Å². The fourth-order valence-electron chi connectivity index (χ4n) is 2.17. The zero-order valence-corrected chi connectivity index (χ0v) is 15.0. The quantitative estimate of drug-likeness (QED) is 0.614. The third-order valence-corrected chi connectivity index (χ3v) is 5.12. The number of phenolic OH excluding ortho intramolecular Hbond substituents is 1. The summed E-state index contributed by atoms with van der Waals surface area (Å²) in [4.78, 5) is 1.07. The van der Waals surface area contributed by atoms with Gasteiger partial charge in [-0.15, -0.1) is 11.8 Å². The lowest BCUT2D eigenvalue weighted by Crippen LogP contribution is -2.14. The molecule has 0 fully saturated rings. The summed E-state index contributed by atoms with van der Waals surface area (Å²) in [6, 6.07) is 10.3. The van der Waals surface area contributed by atoms with Crippen molar-refractivity contribution in [3.05, 3.63) is 53.6 Å². The maximum absolute atomic E-state index is 12.5. The molecule has 136 valence electrons. The van der Waals surface area contributed by atoms with Gasteiger partial charge in [-0.25, -0.2) is 0 Å². The summed E-state index contributed by atoms with van der Waals surface area (Å²) in [5.74, 6) is 1.84. The van der Waals surface area contributed by atoms with E-state index in [0.717, 1.165) is 34.8 Å². The topological polar surface area (TPSA) is 29.5 Å². The molecule has 0 heterocycles. The molecule has 0 saturated heterocycles. The third-order valence-electron chi connectivity index (χ3n) is 3.90. The molecule has 6 heteroatoms. The van der Waals surface area contributed by atoms with Crippen molar-refractivity contribution < 1.29 is 23.0 Å². The summed E-state index contributed by atoms with van der Waals surface area (Å²) >= 11 is 1.68. The molecule has 0 aliphatic rings. The smallest absolute Gasteiger partial charge is 0.416 e. The predicted molar refractivity (Wildman–Crippen MR) is 94.3 cm³/mol. The highest BCUT2D eigenvalue weighted by Crippen LogP contribution is 2.31. The zero-order valence-electron chi connectivity index (χ0n) is 14.1. The average molecular weight is 370 g/mol. The van der Waals surface area contributed by atoms with E-state index in [9.17, 15) is 18.3 Å². The lowest BCUT2D eigenvalue weighted by Gasteiger charge is -2.16. The highest BCUT2D eigenvalue weighted by molar-refractivity contribution is 7.99. The Balaban J connectivity index is 1.86. The minimum Gasteiger partial charge on any atom is -0.508 e. The predicted octanol–water partition coefficient (Wildman–Crippen LogP) is 5.92. The standard InChI is InChI=1S/C19H21F3O2S/c1-3-14(12-25-17-8-9-18(23)13(2)10-17)11-24-16-6-4-15(5-7-16)19(20,21)22/h4-10,14,23H,3,11-12H2,1-2H3/t14-/m1/s1. The van der Waals surface area contributed by atoms with Crippen LogP contribution < -0.4 is 4.74 Å². The Morgan fingerprint density at radius 1 is 1.12 bits per heavy atom. The van der Waals surface area contributed by atoms with Crippen LogP contribution in [-0.4, -0.2) is 17.5 Å². The molecule has 0 radical (unpaired) electrons. The van der Waals surface area contributed by atoms with Gasteiger partial charge in [-0.05, 0) is 61.4 Å². The SMILES string of the molecule is CC[C@H](COc1ccc(C(F)(F)F)cc1)CSc1ccc(O)c(C)c1. The van der Waals surface area contributed by atoms with Crippen molar-refractivity contribution >= 4 is 11.8 Å². The second kappa shape index (κ2) is 8.52. The molecule has 1 N–H and O–H groups in total.